The summed E-state index contributed by atoms with van der Waals surface area (Å²) in [4.78, 5) is 30.2. The number of nitrogens with one attached hydrogen (secondary N) is 1. The Morgan fingerprint density at radius 2 is 2.36 bits per heavy atom. The fraction of sp³-hybridized carbons (Fsp3) is 0.562. The molecule has 2 amide bonds. The molecule has 1 N–H and O–H groups in total. The van der Waals surface area contributed by atoms with Gasteiger partial charge in [0.05, 0.1) is 6.61 Å². The van der Waals surface area contributed by atoms with Crippen molar-refractivity contribution in [2.75, 3.05) is 20.3 Å². The second-order valence-corrected chi connectivity index (χ2v) is 5.48. The summed E-state index contributed by atoms with van der Waals surface area (Å²) in [6.45, 7) is 1.44. The van der Waals surface area contributed by atoms with Gasteiger partial charge in [-0.15, -0.1) is 0 Å². The largest absolute Gasteiger partial charge is 0.383 e. The summed E-state index contributed by atoms with van der Waals surface area (Å²) in [6.07, 6.45) is 6.39. The zero-order valence-electron chi connectivity index (χ0n) is 13.0. The Balaban J connectivity index is 2.06. The summed E-state index contributed by atoms with van der Waals surface area (Å²) in [7, 11) is 1.61. The summed E-state index contributed by atoms with van der Waals surface area (Å²) in [5, 5.41) is 2.83. The van der Waals surface area contributed by atoms with Crippen molar-refractivity contribution in [1.29, 1.82) is 0 Å². The molecule has 2 rings (SSSR count). The first kappa shape index (κ1) is 16.4. The molecule has 1 aromatic heterocycles. The Hall–Kier alpha value is -1.95. The standard InChI is InChI=1S/C16H23N3O3/c1-22-10-9-19(12-13-5-4-8-17-11-13)16(21)14-6-2-3-7-15(20)18-14/h4-5,8,11,14H,2-3,6-7,9-10,12H2,1H3,(H,18,20). The number of hydrogen-bond acceptors (Lipinski definition) is 4. The Morgan fingerprint density at radius 3 is 3.09 bits per heavy atom. The average Bonchev–Trinajstić information content (AvgIpc) is 2.76. The summed E-state index contributed by atoms with van der Waals surface area (Å²) in [6, 6.07) is 3.36. The molecule has 120 valence electrons. The summed E-state index contributed by atoms with van der Waals surface area (Å²) in [5.74, 6) is -0.0833. The minimum atomic E-state index is -0.427. The van der Waals surface area contributed by atoms with Crippen LogP contribution in [-0.4, -0.2) is 48.0 Å². The van der Waals surface area contributed by atoms with E-state index in [0.29, 0.717) is 32.5 Å². The molecule has 1 aliphatic heterocycles. The van der Waals surface area contributed by atoms with Crippen LogP contribution in [0.3, 0.4) is 0 Å². The average molecular weight is 305 g/mol. The maximum absolute atomic E-state index is 12.7. The topological polar surface area (TPSA) is 71.5 Å². The normalized spacial score (nSPS) is 18.4. The number of methoxy groups -OCH3 is 1. The van der Waals surface area contributed by atoms with Gasteiger partial charge in [-0.1, -0.05) is 12.5 Å². The van der Waals surface area contributed by atoms with Crippen molar-refractivity contribution in [2.45, 2.75) is 38.3 Å². The zero-order valence-corrected chi connectivity index (χ0v) is 13.0. The van der Waals surface area contributed by atoms with E-state index in [1.165, 1.54) is 0 Å². The van der Waals surface area contributed by atoms with Crippen molar-refractivity contribution in [3.05, 3.63) is 30.1 Å². The molecule has 1 atom stereocenters. The van der Waals surface area contributed by atoms with Crippen molar-refractivity contribution < 1.29 is 14.3 Å². The number of rotatable bonds is 6. The van der Waals surface area contributed by atoms with Crippen LogP contribution in [0.25, 0.3) is 0 Å². The fourth-order valence-electron chi connectivity index (χ4n) is 2.56. The van der Waals surface area contributed by atoms with Crippen LogP contribution >= 0.6 is 0 Å². The van der Waals surface area contributed by atoms with Crippen molar-refractivity contribution in [3.63, 3.8) is 0 Å². The predicted octanol–water partition coefficient (Wildman–Crippen LogP) is 1.12. The van der Waals surface area contributed by atoms with Gasteiger partial charge in [-0.25, -0.2) is 0 Å². The summed E-state index contributed by atoms with van der Waals surface area (Å²) < 4.78 is 5.10. The van der Waals surface area contributed by atoms with E-state index in [4.69, 9.17) is 4.74 Å². The molecule has 0 radical (unpaired) electrons. The van der Waals surface area contributed by atoms with Gasteiger partial charge in [0.15, 0.2) is 0 Å². The van der Waals surface area contributed by atoms with Gasteiger partial charge in [-0.2, -0.15) is 0 Å². The van der Waals surface area contributed by atoms with E-state index in [1.807, 2.05) is 12.1 Å². The number of nitrogens with zero attached hydrogens (tertiary/aromatic N) is 2. The van der Waals surface area contributed by atoms with E-state index in [1.54, 1.807) is 24.4 Å². The number of ether oxygens (including phenoxy) is 1. The molecular formula is C16H23N3O3. The second-order valence-electron chi connectivity index (χ2n) is 5.48. The maximum Gasteiger partial charge on any atom is 0.245 e. The first-order chi connectivity index (χ1) is 10.7. The highest BCUT2D eigenvalue weighted by Crippen LogP contribution is 2.13. The van der Waals surface area contributed by atoms with Gasteiger partial charge in [0.25, 0.3) is 0 Å². The highest BCUT2D eigenvalue weighted by molar-refractivity contribution is 5.88. The molecule has 6 nitrogen and oxygen atoms in total. The molecule has 0 saturated carbocycles. The highest BCUT2D eigenvalue weighted by Gasteiger charge is 2.27. The van der Waals surface area contributed by atoms with E-state index < -0.39 is 6.04 Å². The van der Waals surface area contributed by atoms with Crippen LogP contribution in [0.15, 0.2) is 24.5 Å². The smallest absolute Gasteiger partial charge is 0.245 e. The second kappa shape index (κ2) is 8.48. The lowest BCUT2D eigenvalue weighted by atomic mass is 10.1. The van der Waals surface area contributed by atoms with Crippen LogP contribution < -0.4 is 5.32 Å². The monoisotopic (exact) mass is 305 g/mol. The Bertz CT molecular complexity index is 493. The molecule has 1 aliphatic rings. The van der Waals surface area contributed by atoms with Gasteiger partial charge in [0, 0.05) is 39.0 Å². The van der Waals surface area contributed by atoms with Crippen molar-refractivity contribution in [2.24, 2.45) is 0 Å². The molecule has 1 saturated heterocycles. The highest BCUT2D eigenvalue weighted by atomic mass is 16.5. The number of carbonyl (C=O) groups is 2. The molecule has 2 heterocycles. The van der Waals surface area contributed by atoms with Gasteiger partial charge in [-0.05, 0) is 24.5 Å². The van der Waals surface area contributed by atoms with Gasteiger partial charge in [0.1, 0.15) is 6.04 Å². The number of hydrogen-bond donors (Lipinski definition) is 1. The Kier molecular flexibility index (Phi) is 6.33. The Labute approximate surface area is 130 Å². The quantitative estimate of drug-likeness (QED) is 0.855. The third-order valence-electron chi connectivity index (χ3n) is 3.75. The van der Waals surface area contributed by atoms with Gasteiger partial charge < -0.3 is 15.0 Å². The third kappa shape index (κ3) is 4.80. The predicted molar refractivity (Wildman–Crippen MR) is 81.9 cm³/mol. The Morgan fingerprint density at radius 1 is 1.50 bits per heavy atom. The van der Waals surface area contributed by atoms with Crippen molar-refractivity contribution >= 4 is 11.8 Å². The maximum atomic E-state index is 12.7. The molecule has 0 spiro atoms. The third-order valence-corrected chi connectivity index (χ3v) is 3.75. The number of carbonyl (C=O) groups excluding carboxylic acids is 2. The van der Waals surface area contributed by atoms with E-state index in [9.17, 15) is 9.59 Å². The van der Waals surface area contributed by atoms with Crippen LogP contribution in [0.1, 0.15) is 31.2 Å². The van der Waals surface area contributed by atoms with Crippen LogP contribution in [0.5, 0.6) is 0 Å². The minimum Gasteiger partial charge on any atom is -0.383 e. The number of amides is 2. The lowest BCUT2D eigenvalue weighted by Crippen LogP contribution is -2.48. The first-order valence-electron chi connectivity index (χ1n) is 7.66. The van der Waals surface area contributed by atoms with Crippen LogP contribution in [-0.2, 0) is 20.9 Å². The number of pyridine rings is 1. The van der Waals surface area contributed by atoms with Gasteiger partial charge >= 0.3 is 0 Å². The summed E-state index contributed by atoms with van der Waals surface area (Å²) >= 11 is 0. The fourth-order valence-corrected chi connectivity index (χ4v) is 2.56. The molecule has 1 unspecified atom stereocenters. The number of aromatic nitrogens is 1. The lowest BCUT2D eigenvalue weighted by molar-refractivity contribution is -0.137. The molecule has 0 aliphatic carbocycles. The van der Waals surface area contributed by atoms with Crippen LogP contribution in [0, 0.1) is 0 Å². The van der Waals surface area contributed by atoms with Gasteiger partial charge in [0.2, 0.25) is 11.8 Å². The van der Waals surface area contributed by atoms with Crippen LogP contribution in [0.2, 0.25) is 0 Å². The molecule has 1 aromatic rings. The molecule has 0 aromatic carbocycles. The zero-order chi connectivity index (χ0) is 15.8. The molecular weight excluding hydrogens is 282 g/mol. The van der Waals surface area contributed by atoms with Crippen molar-refractivity contribution in [1.82, 2.24) is 15.2 Å². The molecule has 0 bridgehead atoms. The van der Waals surface area contributed by atoms with E-state index >= 15 is 0 Å². The van der Waals surface area contributed by atoms with E-state index in [0.717, 1.165) is 18.4 Å². The van der Waals surface area contributed by atoms with Crippen molar-refractivity contribution in [3.8, 4) is 0 Å². The molecule has 6 heteroatoms. The minimum absolute atomic E-state index is 0.0380. The lowest BCUT2D eigenvalue weighted by Gasteiger charge is -2.27. The first-order valence-corrected chi connectivity index (χ1v) is 7.66. The van der Waals surface area contributed by atoms with Crippen LogP contribution in [0.4, 0.5) is 0 Å². The summed E-state index contributed by atoms with van der Waals surface area (Å²) in [5.41, 5.74) is 0.965. The van der Waals surface area contributed by atoms with E-state index in [-0.39, 0.29) is 11.8 Å². The molecule has 22 heavy (non-hydrogen) atoms. The molecule has 1 fully saturated rings. The van der Waals surface area contributed by atoms with E-state index in [2.05, 4.69) is 10.3 Å². The van der Waals surface area contributed by atoms with Gasteiger partial charge in [-0.3, -0.25) is 14.6 Å². The SMILES string of the molecule is COCCN(Cc1cccnc1)C(=O)C1CCCCC(=O)N1.